The van der Waals surface area contributed by atoms with Crippen LogP contribution in [0, 0.1) is 0 Å². The van der Waals surface area contributed by atoms with Crippen molar-refractivity contribution in [3.05, 3.63) is 12.2 Å². The molecular formula is C12H22O2. The van der Waals surface area contributed by atoms with Crippen LogP contribution in [0.2, 0.25) is 0 Å². The van der Waals surface area contributed by atoms with E-state index in [-0.39, 0.29) is 12.1 Å². The van der Waals surface area contributed by atoms with Crippen LogP contribution in [0.4, 0.5) is 0 Å². The minimum absolute atomic E-state index is 0.0872. The van der Waals surface area contributed by atoms with Crippen LogP contribution in [0.5, 0.6) is 0 Å². The predicted octanol–water partition coefficient (Wildman–Crippen LogP) is 3.46. The van der Waals surface area contributed by atoms with Crippen molar-refractivity contribution in [3.63, 3.8) is 0 Å². The molecule has 0 spiro atoms. The fraction of sp³-hybridized carbons (Fsp3) is 0.750. The second kappa shape index (κ2) is 7.60. The molecule has 0 bridgehead atoms. The van der Waals surface area contributed by atoms with Gasteiger partial charge in [0.2, 0.25) is 0 Å². The van der Waals surface area contributed by atoms with Gasteiger partial charge in [-0.05, 0) is 19.8 Å². The van der Waals surface area contributed by atoms with Crippen LogP contribution < -0.4 is 0 Å². The molecule has 0 heterocycles. The van der Waals surface area contributed by atoms with Crippen molar-refractivity contribution in [2.45, 2.75) is 59.0 Å². The molecule has 0 saturated heterocycles. The second-order valence-electron chi connectivity index (χ2n) is 3.74. The summed E-state index contributed by atoms with van der Waals surface area (Å²) in [6.07, 6.45) is 5.34. The standard InChI is InChI=1S/C12H22O2/c1-5-7-9-11(8-6-2)14-12(13)10(3)4/h11H,3,5-9H2,1-2,4H3. The molecule has 14 heavy (non-hydrogen) atoms. The molecule has 0 aliphatic rings. The van der Waals surface area contributed by atoms with Crippen molar-refractivity contribution in [2.24, 2.45) is 0 Å². The molecule has 2 heteroatoms. The molecule has 2 nitrogen and oxygen atoms in total. The number of rotatable bonds is 7. The van der Waals surface area contributed by atoms with Crippen molar-refractivity contribution in [3.8, 4) is 0 Å². The van der Waals surface area contributed by atoms with E-state index in [1.165, 1.54) is 0 Å². The Hall–Kier alpha value is -0.790. The molecule has 0 rings (SSSR count). The van der Waals surface area contributed by atoms with Gasteiger partial charge in [-0.3, -0.25) is 0 Å². The molecule has 1 atom stereocenters. The second-order valence-corrected chi connectivity index (χ2v) is 3.74. The van der Waals surface area contributed by atoms with Crippen LogP contribution in [0.3, 0.4) is 0 Å². The highest BCUT2D eigenvalue weighted by molar-refractivity contribution is 5.87. The third-order valence-electron chi connectivity index (χ3n) is 2.11. The molecule has 0 saturated carbocycles. The zero-order valence-corrected chi connectivity index (χ0v) is 9.64. The lowest BCUT2D eigenvalue weighted by Crippen LogP contribution is -2.18. The number of ether oxygens (including phenoxy) is 1. The Morgan fingerprint density at radius 1 is 1.29 bits per heavy atom. The fourth-order valence-electron chi connectivity index (χ4n) is 1.27. The summed E-state index contributed by atoms with van der Waals surface area (Å²) in [4.78, 5) is 11.3. The fourth-order valence-corrected chi connectivity index (χ4v) is 1.27. The Balaban J connectivity index is 3.94. The Kier molecular flexibility index (Phi) is 7.17. The normalized spacial score (nSPS) is 12.2. The first-order valence-electron chi connectivity index (χ1n) is 5.48. The number of hydrogen-bond donors (Lipinski definition) is 0. The van der Waals surface area contributed by atoms with Gasteiger partial charge >= 0.3 is 5.97 Å². The minimum atomic E-state index is -0.250. The van der Waals surface area contributed by atoms with Gasteiger partial charge in [0, 0.05) is 5.57 Å². The van der Waals surface area contributed by atoms with E-state index in [0.29, 0.717) is 5.57 Å². The first kappa shape index (κ1) is 13.2. The molecule has 0 aliphatic heterocycles. The highest BCUT2D eigenvalue weighted by Crippen LogP contribution is 2.12. The van der Waals surface area contributed by atoms with Crippen LogP contribution >= 0.6 is 0 Å². The summed E-state index contributed by atoms with van der Waals surface area (Å²) in [6.45, 7) is 9.51. The third-order valence-corrected chi connectivity index (χ3v) is 2.11. The van der Waals surface area contributed by atoms with Crippen molar-refractivity contribution < 1.29 is 9.53 Å². The maximum atomic E-state index is 11.3. The topological polar surface area (TPSA) is 26.3 Å². The van der Waals surface area contributed by atoms with Gasteiger partial charge in [-0.15, -0.1) is 0 Å². The van der Waals surface area contributed by atoms with Crippen molar-refractivity contribution >= 4 is 5.97 Å². The molecule has 0 aromatic heterocycles. The molecule has 82 valence electrons. The quantitative estimate of drug-likeness (QED) is 0.462. The van der Waals surface area contributed by atoms with E-state index in [0.717, 1.165) is 32.1 Å². The summed E-state index contributed by atoms with van der Waals surface area (Å²) in [5, 5.41) is 0. The van der Waals surface area contributed by atoms with Gasteiger partial charge in [-0.25, -0.2) is 4.79 Å². The van der Waals surface area contributed by atoms with Gasteiger partial charge in [-0.1, -0.05) is 39.7 Å². The average Bonchev–Trinajstić information content (AvgIpc) is 2.14. The molecule has 1 unspecified atom stereocenters. The minimum Gasteiger partial charge on any atom is -0.459 e. The molecule has 0 aliphatic carbocycles. The molecule has 0 N–H and O–H groups in total. The van der Waals surface area contributed by atoms with Crippen molar-refractivity contribution in [2.75, 3.05) is 0 Å². The third kappa shape index (κ3) is 5.79. The molecular weight excluding hydrogens is 176 g/mol. The molecule has 0 aromatic carbocycles. The van der Waals surface area contributed by atoms with Crippen LogP contribution in [0.25, 0.3) is 0 Å². The van der Waals surface area contributed by atoms with Gasteiger partial charge in [0.15, 0.2) is 0 Å². The summed E-state index contributed by atoms with van der Waals surface area (Å²) < 4.78 is 5.32. The van der Waals surface area contributed by atoms with Crippen LogP contribution in [0.15, 0.2) is 12.2 Å². The Labute approximate surface area is 87.3 Å². The highest BCUT2D eigenvalue weighted by atomic mass is 16.5. The monoisotopic (exact) mass is 198 g/mol. The highest BCUT2D eigenvalue weighted by Gasteiger charge is 2.13. The van der Waals surface area contributed by atoms with Gasteiger partial charge in [0.1, 0.15) is 6.10 Å². The Morgan fingerprint density at radius 3 is 2.36 bits per heavy atom. The smallest absolute Gasteiger partial charge is 0.333 e. The summed E-state index contributed by atoms with van der Waals surface area (Å²) in [5.74, 6) is -0.250. The SMILES string of the molecule is C=C(C)C(=O)OC(CCC)CCCC. The molecule has 0 fully saturated rings. The average molecular weight is 198 g/mol. The van der Waals surface area contributed by atoms with E-state index < -0.39 is 0 Å². The van der Waals surface area contributed by atoms with Gasteiger partial charge in [0.25, 0.3) is 0 Å². The lowest BCUT2D eigenvalue weighted by Gasteiger charge is -2.16. The zero-order chi connectivity index (χ0) is 11.0. The first-order valence-corrected chi connectivity index (χ1v) is 5.48. The summed E-state index contributed by atoms with van der Waals surface area (Å²) in [5.41, 5.74) is 0.489. The number of hydrogen-bond acceptors (Lipinski definition) is 2. The lowest BCUT2D eigenvalue weighted by molar-refractivity contribution is -0.144. The van der Waals surface area contributed by atoms with Crippen LogP contribution in [-0.2, 0) is 9.53 Å². The van der Waals surface area contributed by atoms with Crippen LogP contribution in [0.1, 0.15) is 52.9 Å². The molecule has 0 radical (unpaired) electrons. The molecule has 0 amide bonds. The predicted molar refractivity (Wildman–Crippen MR) is 59.1 cm³/mol. The van der Waals surface area contributed by atoms with Gasteiger partial charge in [0.05, 0.1) is 0 Å². The van der Waals surface area contributed by atoms with Gasteiger partial charge < -0.3 is 4.74 Å². The van der Waals surface area contributed by atoms with E-state index in [1.54, 1.807) is 6.92 Å². The number of carbonyl (C=O) groups excluding carboxylic acids is 1. The summed E-state index contributed by atoms with van der Waals surface area (Å²) in [6, 6.07) is 0. The zero-order valence-electron chi connectivity index (χ0n) is 9.64. The summed E-state index contributed by atoms with van der Waals surface area (Å²) >= 11 is 0. The number of carbonyl (C=O) groups is 1. The van der Waals surface area contributed by atoms with E-state index in [4.69, 9.17) is 4.74 Å². The lowest BCUT2D eigenvalue weighted by atomic mass is 10.1. The van der Waals surface area contributed by atoms with E-state index in [1.807, 2.05) is 0 Å². The Bertz CT molecular complexity index is 185. The van der Waals surface area contributed by atoms with Crippen molar-refractivity contribution in [1.29, 1.82) is 0 Å². The van der Waals surface area contributed by atoms with Crippen LogP contribution in [-0.4, -0.2) is 12.1 Å². The first-order chi connectivity index (χ1) is 6.61. The molecule has 0 aromatic rings. The summed E-state index contributed by atoms with van der Waals surface area (Å²) in [7, 11) is 0. The van der Waals surface area contributed by atoms with Gasteiger partial charge in [-0.2, -0.15) is 0 Å². The largest absolute Gasteiger partial charge is 0.459 e. The maximum Gasteiger partial charge on any atom is 0.333 e. The van der Waals surface area contributed by atoms with E-state index >= 15 is 0 Å². The number of unbranched alkanes of at least 4 members (excludes halogenated alkanes) is 1. The Morgan fingerprint density at radius 2 is 1.93 bits per heavy atom. The van der Waals surface area contributed by atoms with E-state index in [9.17, 15) is 4.79 Å². The van der Waals surface area contributed by atoms with Crippen molar-refractivity contribution in [1.82, 2.24) is 0 Å². The van der Waals surface area contributed by atoms with E-state index in [2.05, 4.69) is 20.4 Å². The number of esters is 1. The maximum absolute atomic E-state index is 11.3.